The van der Waals surface area contributed by atoms with E-state index < -0.39 is 5.41 Å². The Morgan fingerprint density at radius 1 is 1.03 bits per heavy atom. The van der Waals surface area contributed by atoms with E-state index in [4.69, 9.17) is 0 Å². The summed E-state index contributed by atoms with van der Waals surface area (Å²) in [4.78, 5) is 31.5. The highest BCUT2D eigenvalue weighted by atomic mass is 16.2. The average Bonchev–Trinajstić information content (AvgIpc) is 3.61. The molecule has 0 spiro atoms. The molecule has 1 N–H and O–H groups in total. The topological polar surface area (TPSA) is 62.3 Å². The molecule has 2 heterocycles. The third kappa shape index (κ3) is 4.34. The van der Waals surface area contributed by atoms with Crippen LogP contribution in [-0.4, -0.2) is 41.3 Å². The van der Waals surface area contributed by atoms with Crippen LogP contribution >= 0.6 is 0 Å². The first-order valence-corrected chi connectivity index (χ1v) is 10.7. The Bertz CT molecular complexity index is 851. The first-order chi connectivity index (χ1) is 14.1. The number of nitrogens with one attached hydrogen (secondary N) is 1. The van der Waals surface area contributed by atoms with Gasteiger partial charge < -0.3 is 10.2 Å². The maximum Gasteiger partial charge on any atom is 0.226 e. The van der Waals surface area contributed by atoms with Crippen LogP contribution in [0.15, 0.2) is 48.8 Å². The second-order valence-corrected chi connectivity index (χ2v) is 8.35. The zero-order valence-corrected chi connectivity index (χ0v) is 17.1. The third-order valence-electron chi connectivity index (χ3n) is 6.29. The molecule has 152 valence electrons. The zero-order chi connectivity index (χ0) is 20.3. The smallest absolute Gasteiger partial charge is 0.226 e. The summed E-state index contributed by atoms with van der Waals surface area (Å²) >= 11 is 0. The highest BCUT2D eigenvalue weighted by molar-refractivity contribution is 5.84. The molecule has 29 heavy (non-hydrogen) atoms. The summed E-state index contributed by atoms with van der Waals surface area (Å²) in [6.45, 7) is 3.95. The zero-order valence-electron chi connectivity index (χ0n) is 17.1. The number of hydrogen-bond acceptors (Lipinski definition) is 3. The summed E-state index contributed by atoms with van der Waals surface area (Å²) in [5.41, 5.74) is 3.01. The highest BCUT2D eigenvalue weighted by Crippen LogP contribution is 2.38. The van der Waals surface area contributed by atoms with Crippen LogP contribution in [0.3, 0.4) is 0 Å². The van der Waals surface area contributed by atoms with Crippen molar-refractivity contribution in [3.8, 4) is 11.1 Å². The summed E-state index contributed by atoms with van der Waals surface area (Å²) < 4.78 is 0. The Kier molecular flexibility index (Phi) is 5.65. The van der Waals surface area contributed by atoms with Crippen molar-refractivity contribution in [1.29, 1.82) is 0 Å². The average molecular weight is 392 g/mol. The molecule has 1 aliphatic carbocycles. The Hall–Kier alpha value is -2.69. The second-order valence-electron chi connectivity index (χ2n) is 8.35. The summed E-state index contributed by atoms with van der Waals surface area (Å²) in [7, 11) is 0. The fourth-order valence-corrected chi connectivity index (χ4v) is 4.33. The molecule has 5 nitrogen and oxygen atoms in total. The van der Waals surface area contributed by atoms with E-state index in [1.807, 2.05) is 24.0 Å². The normalized spacial score (nSPS) is 18.3. The Balaban J connectivity index is 1.49. The summed E-state index contributed by atoms with van der Waals surface area (Å²) in [5.74, 6) is 0.653. The van der Waals surface area contributed by atoms with Gasteiger partial charge in [0.05, 0.1) is 5.41 Å². The molecule has 0 bridgehead atoms. The number of piperidine rings is 1. The van der Waals surface area contributed by atoms with Gasteiger partial charge in [0.1, 0.15) is 0 Å². The lowest BCUT2D eigenvalue weighted by molar-refractivity contribution is -0.141. The number of hydrogen-bond donors (Lipinski definition) is 1. The minimum absolute atomic E-state index is 0.122. The van der Waals surface area contributed by atoms with E-state index in [1.54, 1.807) is 12.4 Å². The fourth-order valence-electron chi connectivity index (χ4n) is 4.33. The first kappa shape index (κ1) is 19.6. The third-order valence-corrected chi connectivity index (χ3v) is 6.29. The van der Waals surface area contributed by atoms with Gasteiger partial charge in [0, 0.05) is 37.9 Å². The lowest BCUT2D eigenvalue weighted by Gasteiger charge is -2.41. The Morgan fingerprint density at radius 2 is 1.66 bits per heavy atom. The van der Waals surface area contributed by atoms with Crippen LogP contribution in [0.2, 0.25) is 0 Å². The number of nitrogens with zero attached hydrogens (tertiary/aromatic N) is 2. The summed E-state index contributed by atoms with van der Waals surface area (Å²) in [6, 6.07) is 12.5. The standard InChI is InChI=1S/C24H29N3O2/c1-2-26-23(29)24(11-15-27(16-12-24)22(28)21-7-8-21)17-18-3-5-19(6-4-18)20-9-13-25-14-10-20/h3-6,9-10,13-14,21H,2,7-8,11-12,15-17H2,1H3,(H,26,29). The number of amides is 2. The van der Waals surface area contributed by atoms with Gasteiger partial charge in [-0.15, -0.1) is 0 Å². The molecule has 5 heteroatoms. The van der Waals surface area contributed by atoms with Gasteiger partial charge in [-0.1, -0.05) is 24.3 Å². The van der Waals surface area contributed by atoms with Crippen LogP contribution in [0.1, 0.15) is 38.2 Å². The molecule has 0 unspecified atom stereocenters. The SMILES string of the molecule is CCNC(=O)C1(Cc2ccc(-c3ccncc3)cc2)CCN(C(=O)C2CC2)CC1. The van der Waals surface area contributed by atoms with E-state index in [0.717, 1.165) is 42.4 Å². The lowest BCUT2D eigenvalue weighted by atomic mass is 9.72. The van der Waals surface area contributed by atoms with Crippen LogP contribution in [-0.2, 0) is 16.0 Å². The number of likely N-dealkylation sites (tertiary alicyclic amines) is 1. The summed E-state index contributed by atoms with van der Waals surface area (Å²) in [5, 5.41) is 3.04. The molecule has 2 aromatic rings. The number of pyridine rings is 1. The van der Waals surface area contributed by atoms with Gasteiger partial charge >= 0.3 is 0 Å². The molecule has 0 atom stereocenters. The maximum absolute atomic E-state index is 13.0. The van der Waals surface area contributed by atoms with Crippen molar-refractivity contribution in [1.82, 2.24) is 15.2 Å². The molecule has 1 saturated heterocycles. The number of rotatable bonds is 6. The van der Waals surface area contributed by atoms with E-state index in [1.165, 1.54) is 0 Å². The van der Waals surface area contributed by atoms with Crippen molar-refractivity contribution in [3.63, 3.8) is 0 Å². The molecule has 2 fully saturated rings. The van der Waals surface area contributed by atoms with Crippen LogP contribution in [0, 0.1) is 11.3 Å². The predicted octanol–water partition coefficient (Wildman–Crippen LogP) is 3.45. The van der Waals surface area contributed by atoms with Crippen LogP contribution in [0.5, 0.6) is 0 Å². The highest BCUT2D eigenvalue weighted by Gasteiger charge is 2.43. The second kappa shape index (κ2) is 8.36. The van der Waals surface area contributed by atoms with Gasteiger partial charge in [-0.05, 0) is 67.9 Å². The number of benzene rings is 1. The van der Waals surface area contributed by atoms with Crippen molar-refractivity contribution >= 4 is 11.8 Å². The van der Waals surface area contributed by atoms with Crippen molar-refractivity contribution < 1.29 is 9.59 Å². The lowest BCUT2D eigenvalue weighted by Crippen LogP contribution is -2.51. The predicted molar refractivity (Wildman–Crippen MR) is 113 cm³/mol. The van der Waals surface area contributed by atoms with Gasteiger partial charge in [0.25, 0.3) is 0 Å². The molecule has 2 aliphatic rings. The Morgan fingerprint density at radius 3 is 2.24 bits per heavy atom. The van der Waals surface area contributed by atoms with Gasteiger partial charge in [-0.2, -0.15) is 0 Å². The largest absolute Gasteiger partial charge is 0.356 e. The van der Waals surface area contributed by atoms with Crippen LogP contribution in [0.25, 0.3) is 11.1 Å². The first-order valence-electron chi connectivity index (χ1n) is 10.7. The van der Waals surface area contributed by atoms with Gasteiger partial charge in [0.15, 0.2) is 0 Å². The van der Waals surface area contributed by atoms with E-state index in [0.29, 0.717) is 26.1 Å². The number of carbonyl (C=O) groups is 2. The minimum atomic E-state index is -0.436. The minimum Gasteiger partial charge on any atom is -0.356 e. The van der Waals surface area contributed by atoms with E-state index in [-0.39, 0.29) is 17.7 Å². The van der Waals surface area contributed by atoms with E-state index in [9.17, 15) is 9.59 Å². The molecular weight excluding hydrogens is 362 g/mol. The van der Waals surface area contributed by atoms with Crippen molar-refractivity contribution in [2.24, 2.45) is 11.3 Å². The van der Waals surface area contributed by atoms with E-state index >= 15 is 0 Å². The molecule has 1 aromatic heterocycles. The number of carbonyl (C=O) groups excluding carboxylic acids is 2. The van der Waals surface area contributed by atoms with Crippen molar-refractivity contribution in [3.05, 3.63) is 54.4 Å². The monoisotopic (exact) mass is 391 g/mol. The van der Waals surface area contributed by atoms with Gasteiger partial charge in [-0.3, -0.25) is 14.6 Å². The molecule has 1 saturated carbocycles. The molecule has 4 rings (SSSR count). The summed E-state index contributed by atoms with van der Waals surface area (Å²) in [6.07, 6.45) is 7.81. The van der Waals surface area contributed by atoms with Crippen LogP contribution < -0.4 is 5.32 Å². The molecule has 0 radical (unpaired) electrons. The quantitative estimate of drug-likeness (QED) is 0.820. The van der Waals surface area contributed by atoms with Crippen LogP contribution in [0.4, 0.5) is 0 Å². The van der Waals surface area contributed by atoms with Crippen molar-refractivity contribution in [2.75, 3.05) is 19.6 Å². The fraction of sp³-hybridized carbons (Fsp3) is 0.458. The van der Waals surface area contributed by atoms with E-state index in [2.05, 4.69) is 34.6 Å². The Labute approximate surface area is 172 Å². The maximum atomic E-state index is 13.0. The van der Waals surface area contributed by atoms with Crippen molar-refractivity contribution in [2.45, 2.75) is 39.0 Å². The van der Waals surface area contributed by atoms with Gasteiger partial charge in [-0.25, -0.2) is 0 Å². The molecule has 1 aliphatic heterocycles. The number of aromatic nitrogens is 1. The molecule has 2 amide bonds. The van der Waals surface area contributed by atoms with Gasteiger partial charge in [0.2, 0.25) is 11.8 Å². The molecule has 1 aromatic carbocycles. The molecular formula is C24H29N3O2.